The van der Waals surface area contributed by atoms with Gasteiger partial charge in [0.05, 0.1) is 22.3 Å². The number of rotatable bonds is 6. The highest BCUT2D eigenvalue weighted by Crippen LogP contribution is 2.70. The zero-order valence-corrected chi connectivity index (χ0v) is 28.9. The first kappa shape index (κ1) is 32.5. The van der Waals surface area contributed by atoms with Gasteiger partial charge >= 0.3 is 23.5 Å². The summed E-state index contributed by atoms with van der Waals surface area (Å²) < 4.78 is 33.0. The minimum Gasteiger partial charge on any atom is -0.444 e. The molecule has 51 heavy (non-hydrogen) atoms. The van der Waals surface area contributed by atoms with Crippen LogP contribution in [0.5, 0.6) is 11.5 Å². The molecule has 0 amide bonds. The second-order valence-electron chi connectivity index (χ2n) is 14.1. The fourth-order valence-corrected chi connectivity index (χ4v) is 8.20. The van der Waals surface area contributed by atoms with E-state index in [9.17, 15) is 9.59 Å². The van der Waals surface area contributed by atoms with Gasteiger partial charge in [-0.2, -0.15) is 0 Å². The van der Waals surface area contributed by atoms with E-state index in [4.69, 9.17) is 35.2 Å². The Morgan fingerprint density at radius 2 is 1.00 bits per heavy atom. The van der Waals surface area contributed by atoms with Gasteiger partial charge in [-0.3, -0.25) is 19.2 Å². The van der Waals surface area contributed by atoms with Crippen molar-refractivity contribution in [2.75, 3.05) is 11.5 Å². The average molecular weight is 689 g/mol. The fraction of sp³-hybridized carbons (Fsp3) is 0.300. The number of hydrogen-bond donors (Lipinski definition) is 2. The number of Topliss-reactive ketones (excluding diaryl/α,β-unsaturated/α-hetero) is 2. The van der Waals surface area contributed by atoms with Crippen LogP contribution in [0.25, 0.3) is 0 Å². The lowest BCUT2D eigenvalue weighted by atomic mass is 9.80. The van der Waals surface area contributed by atoms with Gasteiger partial charge in [-0.25, -0.2) is 0 Å². The van der Waals surface area contributed by atoms with Gasteiger partial charge in [0.25, 0.3) is 0 Å². The zero-order valence-electron chi connectivity index (χ0n) is 28.9. The molecular weight excluding hydrogens is 652 g/mol. The van der Waals surface area contributed by atoms with E-state index in [0.717, 1.165) is 11.1 Å². The minimum absolute atomic E-state index is 0.0106. The van der Waals surface area contributed by atoms with Gasteiger partial charge in [-0.05, 0) is 47.2 Å². The van der Waals surface area contributed by atoms with Crippen LogP contribution < -0.4 is 20.9 Å². The number of nitrogens with two attached hydrogens (primary N) is 2. The Morgan fingerprint density at radius 3 is 1.35 bits per heavy atom. The summed E-state index contributed by atoms with van der Waals surface area (Å²) in [6.07, 6.45) is 0. The highest BCUT2D eigenvalue weighted by Gasteiger charge is 2.84. The molecule has 4 N–H and O–H groups in total. The number of carbonyl (C=O) groups is 4. The van der Waals surface area contributed by atoms with Crippen LogP contribution in [0, 0.1) is 0 Å². The highest BCUT2D eigenvalue weighted by molar-refractivity contribution is 6.16. The third kappa shape index (κ3) is 3.81. The summed E-state index contributed by atoms with van der Waals surface area (Å²) in [5.41, 5.74) is 10.6. The topological polar surface area (TPSA) is 166 Å². The van der Waals surface area contributed by atoms with E-state index >= 15 is 9.59 Å². The van der Waals surface area contributed by atoms with Crippen LogP contribution in [0.3, 0.4) is 0 Å². The van der Waals surface area contributed by atoms with Crippen molar-refractivity contribution in [3.63, 3.8) is 0 Å². The second kappa shape index (κ2) is 10.4. The Bertz CT molecular complexity index is 2110. The summed E-state index contributed by atoms with van der Waals surface area (Å²) in [7, 11) is 0. The maximum atomic E-state index is 15.4. The van der Waals surface area contributed by atoms with Crippen molar-refractivity contribution in [2.45, 2.75) is 76.2 Å². The third-order valence-corrected chi connectivity index (χ3v) is 10.4. The Labute approximate surface area is 293 Å². The molecule has 0 saturated heterocycles. The van der Waals surface area contributed by atoms with Gasteiger partial charge < -0.3 is 35.2 Å². The molecule has 2 aliphatic heterocycles. The lowest BCUT2D eigenvalue weighted by molar-refractivity contribution is -0.325. The van der Waals surface area contributed by atoms with Gasteiger partial charge in [0.1, 0.15) is 11.5 Å². The predicted octanol–water partition coefficient (Wildman–Crippen LogP) is 6.21. The number of carbonyl (C=O) groups excluding carboxylic acids is 4. The van der Waals surface area contributed by atoms with E-state index in [1.165, 1.54) is 26.0 Å². The molecule has 4 aliphatic rings. The number of ketones is 2. The Kier molecular flexibility index (Phi) is 6.65. The van der Waals surface area contributed by atoms with Crippen LogP contribution in [0.2, 0.25) is 0 Å². The van der Waals surface area contributed by atoms with Crippen molar-refractivity contribution >= 4 is 34.9 Å². The van der Waals surface area contributed by atoms with Crippen molar-refractivity contribution in [3.05, 3.63) is 117 Å². The lowest BCUT2D eigenvalue weighted by Crippen LogP contribution is -2.62. The van der Waals surface area contributed by atoms with Gasteiger partial charge in [0.15, 0.2) is 0 Å². The van der Waals surface area contributed by atoms with Crippen molar-refractivity contribution in [1.82, 2.24) is 0 Å². The molecule has 2 aliphatic carbocycles. The maximum absolute atomic E-state index is 15.4. The zero-order chi connectivity index (χ0) is 36.4. The summed E-state index contributed by atoms with van der Waals surface area (Å²) in [6.45, 7) is 10.3. The first-order valence-electron chi connectivity index (χ1n) is 16.8. The van der Waals surface area contributed by atoms with E-state index in [1.807, 2.05) is 39.8 Å². The van der Waals surface area contributed by atoms with Gasteiger partial charge in [0, 0.05) is 36.3 Å². The number of ether oxygens (including phenoxy) is 5. The van der Waals surface area contributed by atoms with Crippen molar-refractivity contribution in [1.29, 1.82) is 0 Å². The summed E-state index contributed by atoms with van der Waals surface area (Å²) >= 11 is 0. The molecule has 4 aromatic rings. The molecular formula is C40H36N2O9. The fourth-order valence-electron chi connectivity index (χ4n) is 8.20. The van der Waals surface area contributed by atoms with Crippen LogP contribution in [0.4, 0.5) is 11.4 Å². The molecule has 0 fully saturated rings. The van der Waals surface area contributed by atoms with Gasteiger partial charge in [-0.1, -0.05) is 76.2 Å². The molecule has 8 rings (SSSR count). The molecule has 11 nitrogen and oxygen atoms in total. The molecule has 0 bridgehead atoms. The molecule has 4 unspecified atom stereocenters. The average Bonchev–Trinajstić information content (AvgIpc) is 3.63. The van der Waals surface area contributed by atoms with Crippen LogP contribution in [0.1, 0.15) is 107 Å². The third-order valence-electron chi connectivity index (χ3n) is 10.4. The summed E-state index contributed by atoms with van der Waals surface area (Å²) in [4.78, 5) is 57.2. The van der Waals surface area contributed by atoms with E-state index < -0.39 is 46.3 Å². The molecule has 0 aromatic heterocycles. The Balaban J connectivity index is 1.52. The van der Waals surface area contributed by atoms with E-state index in [2.05, 4.69) is 0 Å². The quantitative estimate of drug-likeness (QED) is 0.175. The SMILES string of the molecule is CC(=O)OC12Oc3cc(C(C)C)ccc3C1(OC13C(=O)c4c(N)cccc4C1(OC(C)=O)Oc1cc(C(C)C)ccc13)C(=O)c1c(N)cccc12. The second-order valence-corrected chi connectivity index (χ2v) is 14.1. The number of fused-ring (bicyclic) bond motifs is 10. The molecule has 0 saturated carbocycles. The van der Waals surface area contributed by atoms with Crippen LogP contribution >= 0.6 is 0 Å². The number of nitrogen functional groups attached to an aromatic ring is 2. The van der Waals surface area contributed by atoms with E-state index in [-0.39, 0.29) is 68.1 Å². The van der Waals surface area contributed by atoms with Gasteiger partial charge in [-0.15, -0.1) is 0 Å². The first-order valence-corrected chi connectivity index (χ1v) is 16.8. The van der Waals surface area contributed by atoms with Crippen LogP contribution in [0.15, 0.2) is 72.8 Å². The first-order chi connectivity index (χ1) is 24.1. The number of hydrogen-bond acceptors (Lipinski definition) is 11. The highest BCUT2D eigenvalue weighted by atomic mass is 16.8. The number of benzene rings is 4. The molecule has 4 aromatic carbocycles. The van der Waals surface area contributed by atoms with Crippen LogP contribution in [-0.2, 0) is 46.6 Å². The summed E-state index contributed by atoms with van der Waals surface area (Å²) in [5, 5.41) is 0. The monoisotopic (exact) mass is 688 g/mol. The minimum atomic E-state index is -2.43. The van der Waals surface area contributed by atoms with Crippen molar-refractivity contribution < 1.29 is 42.9 Å². The molecule has 11 heteroatoms. The molecule has 4 atom stereocenters. The molecule has 2 heterocycles. The number of anilines is 2. The molecule has 0 radical (unpaired) electrons. The lowest BCUT2D eigenvalue weighted by Gasteiger charge is -2.44. The number of esters is 2. The largest absolute Gasteiger partial charge is 0.444 e. The van der Waals surface area contributed by atoms with Gasteiger partial charge in [0.2, 0.25) is 22.8 Å². The van der Waals surface area contributed by atoms with Crippen LogP contribution in [-0.4, -0.2) is 23.5 Å². The Morgan fingerprint density at radius 1 is 0.608 bits per heavy atom. The smallest absolute Gasteiger partial charge is 0.323 e. The Hall–Kier alpha value is -5.68. The maximum Gasteiger partial charge on any atom is 0.323 e. The van der Waals surface area contributed by atoms with Crippen molar-refractivity contribution in [2.24, 2.45) is 0 Å². The molecule has 260 valence electrons. The molecule has 0 spiro atoms. The van der Waals surface area contributed by atoms with E-state index in [1.54, 1.807) is 48.5 Å². The standard InChI is InChI=1S/C40H36N2O9/c1-19(2)23-13-15-25-31(17-23)49-39(47-21(5)43)27-9-7-11-29(41)33(27)35(45)37(25,39)51-38-26-16-14-24(20(3)4)18-32(26)50-40(38,48-22(6)44)28-10-8-12-30(42)34(28)36(38)46/h7-20H,41-42H2,1-6H3. The summed E-state index contributed by atoms with van der Waals surface area (Å²) in [5.74, 6) is -7.24. The van der Waals surface area contributed by atoms with Crippen molar-refractivity contribution in [3.8, 4) is 11.5 Å². The normalized spacial score (nSPS) is 26.1. The van der Waals surface area contributed by atoms with E-state index in [0.29, 0.717) is 0 Å². The summed E-state index contributed by atoms with van der Waals surface area (Å²) in [6, 6.07) is 19.9. The predicted molar refractivity (Wildman–Crippen MR) is 184 cm³/mol.